The summed E-state index contributed by atoms with van der Waals surface area (Å²) in [5.74, 6) is -0.919. The fourth-order valence-corrected chi connectivity index (χ4v) is 7.51. The standard InChI is InChI=1S/C60H102O6/c1-4-7-10-13-16-19-22-24-26-27-28-29-30-31-32-33-35-36-38-41-44-47-50-53-59(62)65-56-57(55-64-58(61)52-49-46-43-40-21-18-15-12-9-6-3)66-60(63)54-51-48-45-42-39-37-34-25-23-20-17-14-11-8-5-2/h7,10,12,15-16,19,24,26,28-29,31-32,35-36,57H,4-6,8-9,11,13-14,17-18,20-23,25,27,30,33-34,37-56H2,1-3H3/b10-7-,15-12-,19-16-,26-24-,29-28-,32-31-,36-35-. The van der Waals surface area contributed by atoms with Crippen molar-refractivity contribution in [2.45, 2.75) is 264 Å². The van der Waals surface area contributed by atoms with E-state index in [2.05, 4.69) is 106 Å². The second kappa shape index (κ2) is 54.2. The molecule has 0 spiro atoms. The van der Waals surface area contributed by atoms with Gasteiger partial charge in [-0.05, 0) is 89.9 Å². The van der Waals surface area contributed by atoms with Gasteiger partial charge in [-0.3, -0.25) is 14.4 Å². The van der Waals surface area contributed by atoms with Crippen molar-refractivity contribution in [2.24, 2.45) is 0 Å². The summed E-state index contributed by atoms with van der Waals surface area (Å²) in [7, 11) is 0. The fraction of sp³-hybridized carbons (Fsp3) is 0.717. The van der Waals surface area contributed by atoms with Gasteiger partial charge in [0.15, 0.2) is 6.10 Å². The molecule has 0 fully saturated rings. The number of carbonyl (C=O) groups is 3. The first-order valence-electron chi connectivity index (χ1n) is 27.6. The summed E-state index contributed by atoms with van der Waals surface area (Å²) >= 11 is 0. The zero-order valence-corrected chi connectivity index (χ0v) is 43.2. The molecule has 0 aromatic carbocycles. The normalized spacial score (nSPS) is 12.7. The average Bonchev–Trinajstić information content (AvgIpc) is 3.31. The Morgan fingerprint density at radius 3 is 1.00 bits per heavy atom. The lowest BCUT2D eigenvalue weighted by Crippen LogP contribution is -2.30. The topological polar surface area (TPSA) is 78.9 Å². The van der Waals surface area contributed by atoms with E-state index in [0.29, 0.717) is 19.3 Å². The summed E-state index contributed by atoms with van der Waals surface area (Å²) in [4.78, 5) is 38.0. The molecule has 0 aliphatic carbocycles. The Labute approximate surface area is 407 Å². The first kappa shape index (κ1) is 62.6. The number of allylic oxidation sites excluding steroid dienone is 14. The molecule has 0 radical (unpaired) electrons. The van der Waals surface area contributed by atoms with E-state index in [1.807, 2.05) is 0 Å². The van der Waals surface area contributed by atoms with E-state index in [0.717, 1.165) is 122 Å². The highest BCUT2D eigenvalue weighted by molar-refractivity contribution is 5.71. The Hall–Kier alpha value is -3.41. The van der Waals surface area contributed by atoms with Gasteiger partial charge >= 0.3 is 17.9 Å². The van der Waals surface area contributed by atoms with Crippen LogP contribution in [0, 0.1) is 0 Å². The van der Waals surface area contributed by atoms with Gasteiger partial charge in [0.1, 0.15) is 13.2 Å². The molecule has 0 aliphatic heterocycles. The molecule has 378 valence electrons. The van der Waals surface area contributed by atoms with Crippen LogP contribution in [0.3, 0.4) is 0 Å². The van der Waals surface area contributed by atoms with Gasteiger partial charge in [-0.1, -0.05) is 234 Å². The van der Waals surface area contributed by atoms with E-state index in [1.54, 1.807) is 0 Å². The van der Waals surface area contributed by atoms with Crippen molar-refractivity contribution in [3.8, 4) is 0 Å². The van der Waals surface area contributed by atoms with E-state index in [9.17, 15) is 14.4 Å². The maximum atomic E-state index is 12.8. The molecule has 0 aromatic rings. The minimum absolute atomic E-state index is 0.0879. The summed E-state index contributed by atoms with van der Waals surface area (Å²) in [6.45, 7) is 6.44. The fourth-order valence-electron chi connectivity index (χ4n) is 7.51. The molecule has 1 atom stereocenters. The van der Waals surface area contributed by atoms with E-state index in [-0.39, 0.29) is 31.1 Å². The minimum atomic E-state index is -0.788. The van der Waals surface area contributed by atoms with E-state index in [1.165, 1.54) is 96.3 Å². The second-order valence-electron chi connectivity index (χ2n) is 18.1. The third-order valence-corrected chi connectivity index (χ3v) is 11.6. The third-order valence-electron chi connectivity index (χ3n) is 11.6. The summed E-state index contributed by atoms with van der Waals surface area (Å²) in [5.41, 5.74) is 0. The lowest BCUT2D eigenvalue weighted by atomic mass is 10.0. The first-order chi connectivity index (χ1) is 32.5. The Kier molecular flexibility index (Phi) is 51.4. The van der Waals surface area contributed by atoms with Gasteiger partial charge in [-0.2, -0.15) is 0 Å². The number of rotatable bonds is 49. The molecule has 0 saturated carbocycles. The third kappa shape index (κ3) is 51.6. The lowest BCUT2D eigenvalue weighted by Gasteiger charge is -2.18. The second-order valence-corrected chi connectivity index (χ2v) is 18.1. The molecule has 1 unspecified atom stereocenters. The molecule has 0 heterocycles. The monoisotopic (exact) mass is 919 g/mol. The molecule has 0 aromatic heterocycles. The van der Waals surface area contributed by atoms with Crippen molar-refractivity contribution in [3.05, 3.63) is 85.1 Å². The van der Waals surface area contributed by atoms with Crippen LogP contribution in [0.15, 0.2) is 85.1 Å². The zero-order chi connectivity index (χ0) is 47.9. The number of ether oxygens (including phenoxy) is 3. The predicted octanol–water partition coefficient (Wildman–Crippen LogP) is 18.4. The van der Waals surface area contributed by atoms with Crippen LogP contribution < -0.4 is 0 Å². The molecule has 0 saturated heterocycles. The maximum absolute atomic E-state index is 12.8. The van der Waals surface area contributed by atoms with Gasteiger partial charge in [0.2, 0.25) is 0 Å². The summed E-state index contributed by atoms with van der Waals surface area (Å²) in [6, 6.07) is 0. The van der Waals surface area contributed by atoms with Crippen molar-refractivity contribution < 1.29 is 28.6 Å². The van der Waals surface area contributed by atoms with Gasteiger partial charge in [0.05, 0.1) is 0 Å². The molecule has 0 amide bonds. The Morgan fingerprint density at radius 1 is 0.318 bits per heavy atom. The molecule has 0 N–H and O–H groups in total. The lowest BCUT2D eigenvalue weighted by molar-refractivity contribution is -0.167. The summed E-state index contributed by atoms with van der Waals surface area (Å²) < 4.78 is 16.8. The molecule has 0 aliphatic rings. The van der Waals surface area contributed by atoms with Crippen molar-refractivity contribution >= 4 is 17.9 Å². The van der Waals surface area contributed by atoms with Crippen LogP contribution in [-0.4, -0.2) is 37.2 Å². The zero-order valence-electron chi connectivity index (χ0n) is 43.2. The maximum Gasteiger partial charge on any atom is 0.306 e. The van der Waals surface area contributed by atoms with Crippen molar-refractivity contribution in [3.63, 3.8) is 0 Å². The first-order valence-corrected chi connectivity index (χ1v) is 27.6. The molecular formula is C60H102O6. The number of hydrogen-bond acceptors (Lipinski definition) is 6. The highest BCUT2D eigenvalue weighted by Crippen LogP contribution is 2.15. The van der Waals surface area contributed by atoms with E-state index < -0.39 is 6.10 Å². The Balaban J connectivity index is 4.36. The quantitative estimate of drug-likeness (QED) is 0.0262. The number of esters is 3. The van der Waals surface area contributed by atoms with Crippen LogP contribution in [0.4, 0.5) is 0 Å². The molecule has 66 heavy (non-hydrogen) atoms. The average molecular weight is 919 g/mol. The summed E-state index contributed by atoms with van der Waals surface area (Å²) in [5, 5.41) is 0. The summed E-state index contributed by atoms with van der Waals surface area (Å²) in [6.07, 6.45) is 70.0. The van der Waals surface area contributed by atoms with Crippen molar-refractivity contribution in [1.82, 2.24) is 0 Å². The van der Waals surface area contributed by atoms with Gasteiger partial charge in [0.25, 0.3) is 0 Å². The van der Waals surface area contributed by atoms with Crippen LogP contribution in [0.2, 0.25) is 0 Å². The number of hydrogen-bond donors (Lipinski definition) is 0. The number of carbonyl (C=O) groups excluding carboxylic acids is 3. The van der Waals surface area contributed by atoms with Crippen LogP contribution in [-0.2, 0) is 28.6 Å². The predicted molar refractivity (Wildman–Crippen MR) is 284 cm³/mol. The van der Waals surface area contributed by atoms with E-state index >= 15 is 0 Å². The Bertz CT molecular complexity index is 1290. The van der Waals surface area contributed by atoms with Gasteiger partial charge in [-0.25, -0.2) is 0 Å². The largest absolute Gasteiger partial charge is 0.462 e. The van der Waals surface area contributed by atoms with Crippen LogP contribution in [0.1, 0.15) is 258 Å². The molecule has 6 nitrogen and oxygen atoms in total. The highest BCUT2D eigenvalue weighted by atomic mass is 16.6. The van der Waals surface area contributed by atoms with Gasteiger partial charge in [-0.15, -0.1) is 0 Å². The Morgan fingerprint density at radius 2 is 0.621 bits per heavy atom. The molecule has 0 bridgehead atoms. The minimum Gasteiger partial charge on any atom is -0.462 e. The van der Waals surface area contributed by atoms with Crippen LogP contribution in [0.25, 0.3) is 0 Å². The number of unbranched alkanes of at least 4 members (excludes halogenated alkanes) is 24. The smallest absolute Gasteiger partial charge is 0.306 e. The molecule has 6 heteroatoms. The van der Waals surface area contributed by atoms with E-state index in [4.69, 9.17) is 14.2 Å². The van der Waals surface area contributed by atoms with Crippen LogP contribution in [0.5, 0.6) is 0 Å². The van der Waals surface area contributed by atoms with Crippen LogP contribution >= 0.6 is 0 Å². The van der Waals surface area contributed by atoms with Crippen molar-refractivity contribution in [2.75, 3.05) is 13.2 Å². The molecule has 0 rings (SSSR count). The van der Waals surface area contributed by atoms with Crippen molar-refractivity contribution in [1.29, 1.82) is 0 Å². The van der Waals surface area contributed by atoms with Gasteiger partial charge in [0, 0.05) is 19.3 Å². The molecular weight excluding hydrogens is 817 g/mol. The highest BCUT2D eigenvalue weighted by Gasteiger charge is 2.19. The van der Waals surface area contributed by atoms with Gasteiger partial charge < -0.3 is 14.2 Å². The SMILES string of the molecule is CC/C=C\C/C=C\C/C=C\C/C=C\C/C=C\C/C=C\CCCCCCC(=O)OCC(COC(=O)CCCCCCC/C=C\CCC)OC(=O)CCCCCCCCCCCCCCCCC.